The Labute approximate surface area is 201 Å². The van der Waals surface area contributed by atoms with Crippen molar-refractivity contribution in [3.8, 4) is 11.3 Å². The Hall–Kier alpha value is -2.17. The summed E-state index contributed by atoms with van der Waals surface area (Å²) in [7, 11) is 0. The summed E-state index contributed by atoms with van der Waals surface area (Å²) < 4.78 is 58.1. The van der Waals surface area contributed by atoms with Gasteiger partial charge >= 0.3 is 6.18 Å². The normalized spacial score (nSPS) is 14.9. The molecule has 0 saturated heterocycles. The zero-order chi connectivity index (χ0) is 24.0. The highest BCUT2D eigenvalue weighted by atomic mass is 35.5. The van der Waals surface area contributed by atoms with Gasteiger partial charge in [-0.15, -0.1) is 11.3 Å². The lowest BCUT2D eigenvalue weighted by Gasteiger charge is -2.26. The summed E-state index contributed by atoms with van der Waals surface area (Å²) in [6.45, 7) is 0.705. The van der Waals surface area contributed by atoms with Gasteiger partial charge in [-0.3, -0.25) is 9.71 Å². The molecule has 0 fully saturated rings. The molecule has 10 heteroatoms. The third-order valence-electron chi connectivity index (χ3n) is 5.42. The second-order valence-electron chi connectivity index (χ2n) is 7.57. The molecule has 4 aromatic rings. The van der Waals surface area contributed by atoms with E-state index in [0.29, 0.717) is 17.4 Å². The summed E-state index contributed by atoms with van der Waals surface area (Å²) in [6, 6.07) is 13.3. The van der Waals surface area contributed by atoms with E-state index in [-0.39, 0.29) is 21.8 Å². The fourth-order valence-corrected chi connectivity index (χ4v) is 5.40. The van der Waals surface area contributed by atoms with Crippen LogP contribution in [0.15, 0.2) is 60.8 Å². The van der Waals surface area contributed by atoms with Gasteiger partial charge in [0.1, 0.15) is 5.82 Å². The number of thiophene rings is 1. The predicted octanol–water partition coefficient (Wildman–Crippen LogP) is 7.05. The van der Waals surface area contributed by atoms with Crippen LogP contribution in [-0.2, 0) is 5.60 Å². The Kier molecular flexibility index (Phi) is 6.45. The van der Waals surface area contributed by atoms with E-state index in [1.807, 2.05) is 12.1 Å². The summed E-state index contributed by atoms with van der Waals surface area (Å²) in [4.78, 5) is 4.94. The van der Waals surface area contributed by atoms with E-state index in [4.69, 9.17) is 11.6 Å². The summed E-state index contributed by atoms with van der Waals surface area (Å²) in [5, 5.41) is 11.1. The van der Waals surface area contributed by atoms with Crippen LogP contribution in [0.5, 0.6) is 0 Å². The van der Waals surface area contributed by atoms with Crippen LogP contribution in [0.4, 0.5) is 17.6 Å². The number of halogens is 5. The third-order valence-corrected chi connectivity index (χ3v) is 7.25. The molecule has 2 atom stereocenters. The Bertz CT molecular complexity index is 1300. The van der Waals surface area contributed by atoms with Crippen LogP contribution < -0.4 is 4.72 Å². The van der Waals surface area contributed by atoms with Crippen LogP contribution >= 0.6 is 35.8 Å². The van der Waals surface area contributed by atoms with E-state index in [9.17, 15) is 22.7 Å². The average Bonchev–Trinajstić information content (AvgIpc) is 3.19. The molecule has 2 N–H and O–H groups in total. The van der Waals surface area contributed by atoms with E-state index >= 15 is 0 Å². The molecule has 2 unspecified atom stereocenters. The van der Waals surface area contributed by atoms with Crippen molar-refractivity contribution in [1.82, 2.24) is 9.71 Å². The number of hydrogen-bond donors (Lipinski definition) is 3. The number of hydrogen-bond acceptors (Lipinski definition) is 5. The lowest BCUT2D eigenvalue weighted by atomic mass is 9.94. The highest BCUT2D eigenvalue weighted by Crippen LogP contribution is 2.42. The Morgan fingerprint density at radius 3 is 2.52 bits per heavy atom. The Morgan fingerprint density at radius 1 is 1.12 bits per heavy atom. The Balaban J connectivity index is 1.84. The quantitative estimate of drug-likeness (QED) is 0.198. The molecule has 4 rings (SSSR count). The summed E-state index contributed by atoms with van der Waals surface area (Å²) in [5.74, 6) is -0.490. The number of aromatic nitrogens is 1. The minimum Gasteiger partial charge on any atom is -0.376 e. The SMILES string of the molecule is CC(O)(c1ccnc(-c2cccc3cc(C(NS)c4c(F)cccc4Cl)sc23)c1)C(F)(F)F. The van der Waals surface area contributed by atoms with Crippen LogP contribution in [0.1, 0.15) is 29.0 Å². The van der Waals surface area contributed by atoms with Crippen molar-refractivity contribution in [3.63, 3.8) is 0 Å². The lowest BCUT2D eigenvalue weighted by Crippen LogP contribution is -2.39. The van der Waals surface area contributed by atoms with Gasteiger partial charge in [-0.2, -0.15) is 13.2 Å². The lowest BCUT2D eigenvalue weighted by molar-refractivity contribution is -0.258. The van der Waals surface area contributed by atoms with Crippen molar-refractivity contribution in [2.24, 2.45) is 0 Å². The van der Waals surface area contributed by atoms with E-state index in [0.717, 1.165) is 16.2 Å². The highest BCUT2D eigenvalue weighted by molar-refractivity contribution is 7.78. The van der Waals surface area contributed by atoms with Gasteiger partial charge < -0.3 is 5.11 Å². The molecule has 0 bridgehead atoms. The highest BCUT2D eigenvalue weighted by Gasteiger charge is 2.51. The maximum atomic E-state index is 14.5. The second-order valence-corrected chi connectivity index (χ2v) is 9.32. The molecule has 0 aliphatic carbocycles. The number of nitrogens with zero attached hydrogens (tertiary/aromatic N) is 1. The van der Waals surface area contributed by atoms with Crippen LogP contribution in [0, 0.1) is 5.82 Å². The first-order valence-corrected chi connectivity index (χ1v) is 11.3. The van der Waals surface area contributed by atoms with Gasteiger partial charge in [0.2, 0.25) is 0 Å². The van der Waals surface area contributed by atoms with E-state index in [1.165, 1.54) is 35.7 Å². The minimum absolute atomic E-state index is 0.239. The maximum absolute atomic E-state index is 14.5. The molecule has 2 aromatic heterocycles. The maximum Gasteiger partial charge on any atom is 0.421 e. The van der Waals surface area contributed by atoms with Gasteiger partial charge in [0.25, 0.3) is 0 Å². The summed E-state index contributed by atoms with van der Waals surface area (Å²) in [5.41, 5.74) is -2.25. The predicted molar refractivity (Wildman–Crippen MR) is 126 cm³/mol. The Morgan fingerprint density at radius 2 is 1.85 bits per heavy atom. The number of fused-ring (bicyclic) bond motifs is 1. The van der Waals surface area contributed by atoms with Crippen LogP contribution in [0.3, 0.4) is 0 Å². The molecular weight excluding hydrogens is 496 g/mol. The molecule has 2 aromatic carbocycles. The van der Waals surface area contributed by atoms with Gasteiger partial charge in [-0.25, -0.2) is 4.39 Å². The van der Waals surface area contributed by atoms with Crippen molar-refractivity contribution < 1.29 is 22.7 Å². The number of alkyl halides is 3. The third kappa shape index (κ3) is 4.36. The number of benzene rings is 2. The van der Waals surface area contributed by atoms with Gasteiger partial charge in [-0.1, -0.05) is 48.7 Å². The smallest absolute Gasteiger partial charge is 0.376 e. The van der Waals surface area contributed by atoms with Gasteiger partial charge in [0, 0.05) is 31.9 Å². The number of nitrogens with one attached hydrogen (secondary N) is 1. The van der Waals surface area contributed by atoms with Gasteiger partial charge in [0.15, 0.2) is 5.60 Å². The van der Waals surface area contributed by atoms with E-state index in [2.05, 4.69) is 22.5 Å². The molecule has 2 heterocycles. The van der Waals surface area contributed by atoms with Crippen molar-refractivity contribution in [2.45, 2.75) is 24.7 Å². The molecule has 3 nitrogen and oxygen atoms in total. The molecule has 0 amide bonds. The fourth-order valence-electron chi connectivity index (χ4n) is 3.53. The topological polar surface area (TPSA) is 45.2 Å². The molecule has 172 valence electrons. The number of thiol groups is 1. The van der Waals surface area contributed by atoms with E-state index in [1.54, 1.807) is 18.2 Å². The van der Waals surface area contributed by atoms with Crippen LogP contribution in [0.2, 0.25) is 5.02 Å². The fraction of sp³-hybridized carbons (Fsp3) is 0.174. The average molecular weight is 513 g/mol. The first kappa shape index (κ1) is 24.0. The largest absolute Gasteiger partial charge is 0.421 e. The molecule has 0 aliphatic rings. The number of aliphatic hydroxyl groups is 1. The number of pyridine rings is 1. The summed E-state index contributed by atoms with van der Waals surface area (Å²) in [6.07, 6.45) is -3.62. The zero-order valence-electron chi connectivity index (χ0n) is 17.0. The van der Waals surface area contributed by atoms with Crippen molar-refractivity contribution >= 4 is 45.8 Å². The van der Waals surface area contributed by atoms with Crippen molar-refractivity contribution in [3.05, 3.63) is 87.6 Å². The van der Waals surface area contributed by atoms with Gasteiger partial charge in [-0.05, 0) is 48.2 Å². The molecular formula is C23H17ClF4N2OS2. The second kappa shape index (κ2) is 8.88. The van der Waals surface area contributed by atoms with E-state index < -0.39 is 23.6 Å². The van der Waals surface area contributed by atoms with Crippen LogP contribution in [0.25, 0.3) is 21.3 Å². The first-order chi connectivity index (χ1) is 15.5. The molecule has 0 aliphatic heterocycles. The molecule has 0 radical (unpaired) electrons. The standard InChI is InChI=1S/C23H17ClF4N2OS2/c1-22(31,23(26,27)28)13-8-9-29-17(11-13)14-5-2-4-12-10-18(33-21(12)14)20(30-32)19-15(24)6-3-7-16(19)25/h2-11,20,30-32H,1H3. The minimum atomic E-state index is -4.85. The molecule has 0 spiro atoms. The van der Waals surface area contributed by atoms with Crippen LogP contribution in [-0.4, -0.2) is 16.3 Å². The van der Waals surface area contributed by atoms with Gasteiger partial charge in [0.05, 0.1) is 11.7 Å². The first-order valence-electron chi connectivity index (χ1n) is 9.66. The van der Waals surface area contributed by atoms with Crippen molar-refractivity contribution in [1.29, 1.82) is 0 Å². The van der Waals surface area contributed by atoms with Crippen molar-refractivity contribution in [2.75, 3.05) is 0 Å². The monoisotopic (exact) mass is 512 g/mol. The molecule has 0 saturated carbocycles. The number of rotatable bonds is 5. The summed E-state index contributed by atoms with van der Waals surface area (Å²) >= 11 is 11.7. The molecule has 33 heavy (non-hydrogen) atoms. The zero-order valence-corrected chi connectivity index (χ0v) is 19.5.